The van der Waals surface area contributed by atoms with E-state index in [1.54, 1.807) is 12.1 Å². The van der Waals surface area contributed by atoms with Crippen LogP contribution in [0.15, 0.2) is 60.7 Å². The van der Waals surface area contributed by atoms with E-state index in [1.807, 2.05) is 25.2 Å². The highest BCUT2D eigenvalue weighted by Gasteiger charge is 2.12. The Hall–Kier alpha value is -3.44. The largest absolute Gasteiger partial charge is 0.504 e. The van der Waals surface area contributed by atoms with E-state index in [2.05, 4.69) is 42.6 Å². The Bertz CT molecular complexity index is 1230. The minimum absolute atomic E-state index is 0.0156. The van der Waals surface area contributed by atoms with Gasteiger partial charge in [0.15, 0.2) is 17.3 Å². The van der Waals surface area contributed by atoms with Gasteiger partial charge in [-0.15, -0.1) is 0 Å². The minimum Gasteiger partial charge on any atom is -0.504 e. The molecule has 0 spiro atoms. The summed E-state index contributed by atoms with van der Waals surface area (Å²) in [5, 5.41) is 16.2. The molecule has 0 aromatic heterocycles. The third kappa shape index (κ3) is 8.87. The number of Topliss-reactive ketones (excluding diaryl/α,β-unsaturated/α-hetero) is 1. The Morgan fingerprint density at radius 1 is 1.03 bits per heavy atom. The standard InChI is InChI=1S/C32H39NO4/c1-23(22-33-2)9-5-4-6-12-29(34)21-30(35)16-14-25-19-28(32(36)31(20-25)37-3)18-24-13-15-26-10-7-8-11-27(26)17-24/h7-8,10-11,13-17,19-20,23,33,36H,4-6,9,12,18,21-22H2,1-3H3/b16-14+/t23-/m1/s1. The third-order valence-corrected chi connectivity index (χ3v) is 6.64. The lowest BCUT2D eigenvalue weighted by molar-refractivity contribution is -0.124. The summed E-state index contributed by atoms with van der Waals surface area (Å²) in [4.78, 5) is 24.6. The number of benzene rings is 3. The first-order valence-electron chi connectivity index (χ1n) is 13.1. The summed E-state index contributed by atoms with van der Waals surface area (Å²) >= 11 is 0. The van der Waals surface area contributed by atoms with Crippen molar-refractivity contribution in [2.75, 3.05) is 20.7 Å². The van der Waals surface area contributed by atoms with Gasteiger partial charge in [-0.25, -0.2) is 0 Å². The molecule has 0 aliphatic carbocycles. The number of rotatable bonds is 15. The number of nitrogens with one attached hydrogen (secondary N) is 1. The molecule has 0 heterocycles. The van der Waals surface area contributed by atoms with Gasteiger partial charge in [-0.05, 0) is 72.5 Å². The number of unbranched alkanes of at least 4 members (excludes halogenated alkanes) is 2. The Kier molecular flexibility index (Phi) is 10.9. The van der Waals surface area contributed by atoms with Gasteiger partial charge in [-0.2, -0.15) is 0 Å². The fourth-order valence-corrected chi connectivity index (χ4v) is 4.62. The van der Waals surface area contributed by atoms with Gasteiger partial charge in [0.05, 0.1) is 13.5 Å². The quantitative estimate of drug-likeness (QED) is 0.141. The molecular formula is C32H39NO4. The summed E-state index contributed by atoms with van der Waals surface area (Å²) in [7, 11) is 3.47. The van der Waals surface area contributed by atoms with Crippen LogP contribution in [-0.4, -0.2) is 37.4 Å². The fourth-order valence-electron chi connectivity index (χ4n) is 4.62. The molecule has 0 unspecified atom stereocenters. The van der Waals surface area contributed by atoms with E-state index in [9.17, 15) is 14.7 Å². The number of aromatic hydroxyl groups is 1. The van der Waals surface area contributed by atoms with Gasteiger partial charge in [0, 0.05) is 18.4 Å². The number of fused-ring (bicyclic) bond motifs is 1. The second-order valence-electron chi connectivity index (χ2n) is 9.87. The van der Waals surface area contributed by atoms with Crippen molar-refractivity contribution >= 4 is 28.4 Å². The van der Waals surface area contributed by atoms with Crippen molar-refractivity contribution in [3.05, 3.63) is 77.4 Å². The van der Waals surface area contributed by atoms with Gasteiger partial charge in [0.1, 0.15) is 5.78 Å². The average Bonchev–Trinajstić information content (AvgIpc) is 2.88. The van der Waals surface area contributed by atoms with E-state index in [0.29, 0.717) is 30.1 Å². The van der Waals surface area contributed by atoms with Crippen molar-refractivity contribution < 1.29 is 19.4 Å². The molecule has 0 aliphatic heterocycles. The van der Waals surface area contributed by atoms with Crippen LogP contribution >= 0.6 is 0 Å². The number of carbonyl (C=O) groups excluding carboxylic acids is 2. The van der Waals surface area contributed by atoms with Crippen molar-refractivity contribution in [3.63, 3.8) is 0 Å². The predicted octanol–water partition coefficient (Wildman–Crippen LogP) is 6.49. The number of phenols is 1. The van der Waals surface area contributed by atoms with E-state index in [1.165, 1.54) is 13.2 Å². The van der Waals surface area contributed by atoms with Gasteiger partial charge in [0.2, 0.25) is 0 Å². The maximum atomic E-state index is 12.4. The smallest absolute Gasteiger partial charge is 0.163 e. The molecule has 0 saturated carbocycles. The molecule has 3 aromatic rings. The summed E-state index contributed by atoms with van der Waals surface area (Å²) in [5.74, 6) is 0.855. The van der Waals surface area contributed by atoms with Gasteiger partial charge in [-0.1, -0.05) is 68.3 Å². The average molecular weight is 502 g/mol. The number of allylic oxidation sites excluding steroid dienone is 1. The third-order valence-electron chi connectivity index (χ3n) is 6.64. The molecule has 0 amide bonds. The van der Waals surface area contributed by atoms with Crippen LogP contribution < -0.4 is 10.1 Å². The molecule has 0 radical (unpaired) electrons. The van der Waals surface area contributed by atoms with Crippen LogP contribution in [0.3, 0.4) is 0 Å². The zero-order chi connectivity index (χ0) is 26.6. The zero-order valence-corrected chi connectivity index (χ0v) is 22.3. The minimum atomic E-state index is -0.212. The van der Waals surface area contributed by atoms with Crippen LogP contribution in [-0.2, 0) is 16.0 Å². The molecule has 0 bridgehead atoms. The predicted molar refractivity (Wildman–Crippen MR) is 151 cm³/mol. The molecule has 5 nitrogen and oxygen atoms in total. The molecule has 37 heavy (non-hydrogen) atoms. The maximum absolute atomic E-state index is 12.4. The van der Waals surface area contributed by atoms with Crippen LogP contribution in [0.25, 0.3) is 16.8 Å². The molecular weight excluding hydrogens is 462 g/mol. The highest BCUT2D eigenvalue weighted by atomic mass is 16.5. The van der Waals surface area contributed by atoms with Gasteiger partial charge in [-0.3, -0.25) is 9.59 Å². The van der Waals surface area contributed by atoms with Crippen molar-refractivity contribution in [1.82, 2.24) is 5.32 Å². The van der Waals surface area contributed by atoms with Crippen LogP contribution in [0.5, 0.6) is 11.5 Å². The van der Waals surface area contributed by atoms with E-state index >= 15 is 0 Å². The van der Waals surface area contributed by atoms with Crippen LogP contribution in [0.2, 0.25) is 0 Å². The number of methoxy groups -OCH3 is 1. The van der Waals surface area contributed by atoms with E-state index in [4.69, 9.17) is 4.74 Å². The first kappa shape index (κ1) is 28.1. The number of ketones is 2. The van der Waals surface area contributed by atoms with Gasteiger partial charge in [0.25, 0.3) is 0 Å². The lowest BCUT2D eigenvalue weighted by Gasteiger charge is -2.11. The summed E-state index contributed by atoms with van der Waals surface area (Å²) in [6.07, 6.45) is 8.12. The number of ether oxygens (including phenoxy) is 1. The van der Waals surface area contributed by atoms with Crippen molar-refractivity contribution in [2.24, 2.45) is 5.92 Å². The van der Waals surface area contributed by atoms with Crippen molar-refractivity contribution in [3.8, 4) is 11.5 Å². The summed E-state index contributed by atoms with van der Waals surface area (Å²) in [5.41, 5.74) is 2.51. The molecule has 1 atom stereocenters. The molecule has 3 rings (SSSR count). The van der Waals surface area contributed by atoms with E-state index in [0.717, 1.165) is 54.1 Å². The number of carbonyl (C=O) groups is 2. The summed E-state index contributed by atoms with van der Waals surface area (Å²) in [6, 6.07) is 17.9. The monoisotopic (exact) mass is 501 g/mol. The second kappa shape index (κ2) is 14.3. The van der Waals surface area contributed by atoms with Crippen molar-refractivity contribution in [2.45, 2.75) is 51.9 Å². The summed E-state index contributed by atoms with van der Waals surface area (Å²) in [6.45, 7) is 3.24. The number of phenolic OH excluding ortho intramolecular Hbond substituents is 1. The Labute approximate surface area is 220 Å². The van der Waals surface area contributed by atoms with E-state index < -0.39 is 0 Å². The molecule has 0 saturated heterocycles. The molecule has 5 heteroatoms. The van der Waals surface area contributed by atoms with Crippen LogP contribution in [0.1, 0.15) is 62.1 Å². The topological polar surface area (TPSA) is 75.6 Å². The Balaban J connectivity index is 1.57. The molecule has 2 N–H and O–H groups in total. The van der Waals surface area contributed by atoms with Crippen LogP contribution in [0.4, 0.5) is 0 Å². The highest BCUT2D eigenvalue weighted by molar-refractivity contribution is 6.06. The first-order valence-corrected chi connectivity index (χ1v) is 13.1. The van der Waals surface area contributed by atoms with Crippen LogP contribution in [0, 0.1) is 5.92 Å². The molecule has 0 fully saturated rings. The maximum Gasteiger partial charge on any atom is 0.163 e. The first-order chi connectivity index (χ1) is 17.9. The fraction of sp³-hybridized carbons (Fsp3) is 0.375. The Morgan fingerprint density at radius 2 is 1.81 bits per heavy atom. The SMILES string of the molecule is CNC[C@H](C)CCCCCC(=O)CC(=O)/C=C/c1cc(Cc2ccc3ccccc3c2)c(O)c(OC)c1. The van der Waals surface area contributed by atoms with Gasteiger partial charge < -0.3 is 15.2 Å². The molecule has 3 aromatic carbocycles. The number of hydrogen-bond acceptors (Lipinski definition) is 5. The zero-order valence-electron chi connectivity index (χ0n) is 22.3. The van der Waals surface area contributed by atoms with E-state index in [-0.39, 0.29) is 23.7 Å². The number of hydrogen-bond donors (Lipinski definition) is 2. The normalized spacial score (nSPS) is 12.2. The lowest BCUT2D eigenvalue weighted by atomic mass is 9.98. The highest BCUT2D eigenvalue weighted by Crippen LogP contribution is 2.34. The lowest BCUT2D eigenvalue weighted by Crippen LogP contribution is -2.15. The molecule has 196 valence electrons. The summed E-state index contributed by atoms with van der Waals surface area (Å²) < 4.78 is 5.37. The molecule has 0 aliphatic rings. The van der Waals surface area contributed by atoms with Gasteiger partial charge >= 0.3 is 0 Å². The van der Waals surface area contributed by atoms with Crippen molar-refractivity contribution in [1.29, 1.82) is 0 Å². The second-order valence-corrected chi connectivity index (χ2v) is 9.87. The Morgan fingerprint density at radius 3 is 2.57 bits per heavy atom.